The first-order valence-electron chi connectivity index (χ1n) is 8.47. The Labute approximate surface area is 139 Å². The van der Waals surface area contributed by atoms with E-state index in [1.54, 1.807) is 16.6 Å². The Morgan fingerprint density at radius 3 is 2.58 bits per heavy atom. The van der Waals surface area contributed by atoms with E-state index < -0.39 is 12.1 Å². The zero-order valence-corrected chi connectivity index (χ0v) is 13.6. The van der Waals surface area contributed by atoms with Gasteiger partial charge in [0.15, 0.2) is 0 Å². The highest BCUT2D eigenvalue weighted by molar-refractivity contribution is 6.04. The van der Waals surface area contributed by atoms with Gasteiger partial charge in [0.2, 0.25) is 0 Å². The number of hydrogen-bond acceptors (Lipinski definition) is 4. The molecular weight excluding hydrogens is 310 g/mol. The van der Waals surface area contributed by atoms with Crippen molar-refractivity contribution in [2.75, 3.05) is 13.1 Å². The van der Waals surface area contributed by atoms with Gasteiger partial charge in [0.25, 0.3) is 11.8 Å². The normalized spacial score (nSPS) is 24.9. The lowest BCUT2D eigenvalue weighted by atomic mass is 9.91. The molecule has 3 aliphatic rings. The Hall–Kier alpha value is -2.38. The summed E-state index contributed by atoms with van der Waals surface area (Å²) in [5, 5.41) is 9.35. The zero-order chi connectivity index (χ0) is 16.8. The first-order valence-corrected chi connectivity index (χ1v) is 8.47. The van der Waals surface area contributed by atoms with Crippen LogP contribution in [0.5, 0.6) is 0 Å². The molecule has 4 amide bonds. The largest absolute Gasteiger partial charge is 0.336 e. The smallest absolute Gasteiger partial charge is 0.322 e. The van der Waals surface area contributed by atoms with Crippen LogP contribution in [0, 0.1) is 5.92 Å². The standard InChI is InChI=1S/C16H21N5O3/c1-20-12(6-11(19-20)9-4-2-3-5-9)15(23)21-7-10(8-21)13-14(22)18-16(24)17-13/h6,9-10,13H,2-5,7-8H2,1H3,(H2,17,18,22,24). The molecule has 2 N–H and O–H groups in total. The van der Waals surface area contributed by atoms with Crippen LogP contribution >= 0.6 is 0 Å². The van der Waals surface area contributed by atoms with Gasteiger partial charge in [0.1, 0.15) is 11.7 Å². The average Bonchev–Trinajstić information content (AvgIpc) is 3.18. The number of aromatic nitrogens is 2. The Bertz CT molecular complexity index is 701. The fourth-order valence-electron chi connectivity index (χ4n) is 3.93. The summed E-state index contributed by atoms with van der Waals surface area (Å²) in [7, 11) is 1.80. The van der Waals surface area contributed by atoms with E-state index in [0.29, 0.717) is 24.7 Å². The molecule has 8 nitrogen and oxygen atoms in total. The number of amides is 4. The Kier molecular flexibility index (Phi) is 3.54. The van der Waals surface area contributed by atoms with Crippen molar-refractivity contribution in [3.8, 4) is 0 Å². The van der Waals surface area contributed by atoms with Crippen LogP contribution in [-0.4, -0.2) is 51.7 Å². The van der Waals surface area contributed by atoms with E-state index in [0.717, 1.165) is 18.5 Å². The van der Waals surface area contributed by atoms with Gasteiger partial charge >= 0.3 is 6.03 Å². The van der Waals surface area contributed by atoms with Gasteiger partial charge in [-0.25, -0.2) is 4.79 Å². The first-order chi connectivity index (χ1) is 11.5. The quantitative estimate of drug-likeness (QED) is 0.782. The second kappa shape index (κ2) is 5.61. The summed E-state index contributed by atoms with van der Waals surface area (Å²) in [5.41, 5.74) is 1.60. The van der Waals surface area contributed by atoms with Crippen molar-refractivity contribution in [3.05, 3.63) is 17.5 Å². The molecule has 4 rings (SSSR count). The van der Waals surface area contributed by atoms with Gasteiger partial charge in [-0.15, -0.1) is 0 Å². The number of carbonyl (C=O) groups is 3. The van der Waals surface area contributed by atoms with Crippen molar-refractivity contribution in [1.82, 2.24) is 25.3 Å². The molecule has 1 aromatic rings. The fraction of sp³-hybridized carbons (Fsp3) is 0.625. The number of aryl methyl sites for hydroxylation is 1. The number of hydrogen-bond donors (Lipinski definition) is 2. The van der Waals surface area contributed by atoms with Gasteiger partial charge < -0.3 is 10.2 Å². The van der Waals surface area contributed by atoms with E-state index >= 15 is 0 Å². The molecular formula is C16H21N5O3. The van der Waals surface area contributed by atoms with Gasteiger partial charge in [-0.3, -0.25) is 19.6 Å². The molecule has 2 aliphatic heterocycles. The summed E-state index contributed by atoms with van der Waals surface area (Å²) >= 11 is 0. The number of rotatable bonds is 3. The van der Waals surface area contributed by atoms with Crippen LogP contribution in [0.1, 0.15) is 47.8 Å². The van der Waals surface area contributed by atoms with E-state index in [1.165, 1.54) is 12.8 Å². The molecule has 3 heterocycles. The van der Waals surface area contributed by atoms with Crippen LogP contribution in [-0.2, 0) is 11.8 Å². The molecule has 1 aliphatic carbocycles. The third kappa shape index (κ3) is 2.46. The van der Waals surface area contributed by atoms with Crippen LogP contribution < -0.4 is 10.6 Å². The predicted molar refractivity (Wildman–Crippen MR) is 84.3 cm³/mol. The maximum Gasteiger partial charge on any atom is 0.322 e. The third-order valence-corrected chi connectivity index (χ3v) is 5.37. The summed E-state index contributed by atoms with van der Waals surface area (Å²) in [5.74, 6) is 0.0820. The van der Waals surface area contributed by atoms with E-state index in [9.17, 15) is 14.4 Å². The number of imide groups is 1. The lowest BCUT2D eigenvalue weighted by Crippen LogP contribution is -2.58. The molecule has 8 heteroatoms. The van der Waals surface area contributed by atoms with Crippen molar-refractivity contribution >= 4 is 17.8 Å². The number of urea groups is 1. The summed E-state index contributed by atoms with van der Waals surface area (Å²) in [6.07, 6.45) is 4.75. The highest BCUT2D eigenvalue weighted by atomic mass is 16.2. The Morgan fingerprint density at radius 2 is 1.96 bits per heavy atom. The molecule has 128 valence electrons. The van der Waals surface area contributed by atoms with E-state index in [2.05, 4.69) is 15.7 Å². The van der Waals surface area contributed by atoms with Crippen molar-refractivity contribution in [2.24, 2.45) is 13.0 Å². The van der Waals surface area contributed by atoms with Crippen molar-refractivity contribution in [2.45, 2.75) is 37.6 Å². The fourth-order valence-corrected chi connectivity index (χ4v) is 3.93. The minimum Gasteiger partial charge on any atom is -0.336 e. The molecule has 1 atom stereocenters. The molecule has 0 aromatic carbocycles. The summed E-state index contributed by atoms with van der Waals surface area (Å²) in [4.78, 5) is 37.2. The second-order valence-corrected chi connectivity index (χ2v) is 6.97. The van der Waals surface area contributed by atoms with E-state index in [1.807, 2.05) is 6.07 Å². The molecule has 24 heavy (non-hydrogen) atoms. The van der Waals surface area contributed by atoms with Crippen LogP contribution in [0.25, 0.3) is 0 Å². The summed E-state index contributed by atoms with van der Waals surface area (Å²) in [6, 6.07) is 0.931. The molecule has 0 bridgehead atoms. The predicted octanol–water partition coefficient (Wildman–Crippen LogP) is 0.358. The van der Waals surface area contributed by atoms with Crippen LogP contribution in [0.2, 0.25) is 0 Å². The molecule has 3 fully saturated rings. The highest BCUT2D eigenvalue weighted by Gasteiger charge is 2.44. The van der Waals surface area contributed by atoms with Crippen LogP contribution in [0.4, 0.5) is 4.79 Å². The monoisotopic (exact) mass is 331 g/mol. The number of carbonyl (C=O) groups excluding carboxylic acids is 3. The zero-order valence-electron chi connectivity index (χ0n) is 13.6. The van der Waals surface area contributed by atoms with Gasteiger partial charge in [-0.2, -0.15) is 5.10 Å². The topological polar surface area (TPSA) is 96.3 Å². The van der Waals surface area contributed by atoms with Gasteiger partial charge in [0, 0.05) is 32.0 Å². The van der Waals surface area contributed by atoms with Gasteiger partial charge in [0.05, 0.1) is 5.69 Å². The lowest BCUT2D eigenvalue weighted by Gasteiger charge is -2.41. The minimum atomic E-state index is -0.526. The van der Waals surface area contributed by atoms with Crippen molar-refractivity contribution < 1.29 is 14.4 Å². The Balaban J connectivity index is 1.40. The first kappa shape index (κ1) is 15.2. The van der Waals surface area contributed by atoms with E-state index in [4.69, 9.17) is 0 Å². The molecule has 0 spiro atoms. The van der Waals surface area contributed by atoms with Crippen molar-refractivity contribution in [3.63, 3.8) is 0 Å². The SMILES string of the molecule is Cn1nc(C2CCCC2)cc1C(=O)N1CC(C2NC(=O)NC2=O)C1. The average molecular weight is 331 g/mol. The van der Waals surface area contributed by atoms with Crippen molar-refractivity contribution in [1.29, 1.82) is 0 Å². The maximum absolute atomic E-state index is 12.7. The van der Waals surface area contributed by atoms with Gasteiger partial charge in [-0.1, -0.05) is 12.8 Å². The molecule has 1 saturated carbocycles. The summed E-state index contributed by atoms with van der Waals surface area (Å²) in [6.45, 7) is 0.947. The van der Waals surface area contributed by atoms with Crippen LogP contribution in [0.15, 0.2) is 6.07 Å². The molecule has 1 aromatic heterocycles. The maximum atomic E-state index is 12.7. The van der Waals surface area contributed by atoms with Gasteiger partial charge in [-0.05, 0) is 18.9 Å². The molecule has 0 radical (unpaired) electrons. The number of nitrogens with one attached hydrogen (secondary N) is 2. The number of nitrogens with zero attached hydrogens (tertiary/aromatic N) is 3. The minimum absolute atomic E-state index is 0.0251. The highest BCUT2D eigenvalue weighted by Crippen LogP contribution is 2.34. The molecule has 2 saturated heterocycles. The molecule has 1 unspecified atom stereocenters. The lowest BCUT2D eigenvalue weighted by molar-refractivity contribution is -0.122. The third-order valence-electron chi connectivity index (χ3n) is 5.37. The second-order valence-electron chi connectivity index (χ2n) is 6.97. The summed E-state index contributed by atoms with van der Waals surface area (Å²) < 4.78 is 1.66. The van der Waals surface area contributed by atoms with Crippen LogP contribution in [0.3, 0.4) is 0 Å². The number of likely N-dealkylation sites (tertiary alicyclic amines) is 1. The Morgan fingerprint density at radius 1 is 1.25 bits per heavy atom. The van der Waals surface area contributed by atoms with E-state index in [-0.39, 0.29) is 17.7 Å².